The van der Waals surface area contributed by atoms with Crippen molar-refractivity contribution in [3.8, 4) is 0 Å². The summed E-state index contributed by atoms with van der Waals surface area (Å²) in [4.78, 5) is 14.8. The van der Waals surface area contributed by atoms with E-state index in [4.69, 9.17) is 4.74 Å². The summed E-state index contributed by atoms with van der Waals surface area (Å²) >= 11 is 0. The SMILES string of the molecule is Cc1cc(C)n(CCCNC(=O)[C@H]2COCCN2CC2CCC2)n1. The summed E-state index contributed by atoms with van der Waals surface area (Å²) < 4.78 is 7.55. The zero-order chi connectivity index (χ0) is 16.9. The van der Waals surface area contributed by atoms with E-state index < -0.39 is 0 Å². The molecule has 6 nitrogen and oxygen atoms in total. The van der Waals surface area contributed by atoms with E-state index in [1.54, 1.807) is 0 Å². The molecule has 134 valence electrons. The van der Waals surface area contributed by atoms with Crippen LogP contribution in [0.1, 0.15) is 37.1 Å². The van der Waals surface area contributed by atoms with Crippen LogP contribution in [0.2, 0.25) is 0 Å². The van der Waals surface area contributed by atoms with Crippen LogP contribution in [0.3, 0.4) is 0 Å². The summed E-state index contributed by atoms with van der Waals surface area (Å²) in [6, 6.07) is 1.96. The second-order valence-corrected chi connectivity index (χ2v) is 7.18. The van der Waals surface area contributed by atoms with Gasteiger partial charge in [0.25, 0.3) is 0 Å². The number of nitrogens with one attached hydrogen (secondary N) is 1. The highest BCUT2D eigenvalue weighted by Gasteiger charge is 2.32. The van der Waals surface area contributed by atoms with Gasteiger partial charge < -0.3 is 10.1 Å². The van der Waals surface area contributed by atoms with Crippen molar-refractivity contribution >= 4 is 5.91 Å². The third-order valence-corrected chi connectivity index (χ3v) is 5.21. The number of nitrogens with zero attached hydrogens (tertiary/aromatic N) is 3. The minimum atomic E-state index is -0.118. The van der Waals surface area contributed by atoms with E-state index in [0.717, 1.165) is 44.3 Å². The molecule has 2 fully saturated rings. The average molecular weight is 334 g/mol. The van der Waals surface area contributed by atoms with Gasteiger partial charge in [0.2, 0.25) is 5.91 Å². The Balaban J connectivity index is 1.41. The summed E-state index contributed by atoms with van der Waals surface area (Å²) in [5.41, 5.74) is 2.22. The number of amides is 1. The van der Waals surface area contributed by atoms with E-state index in [2.05, 4.69) is 28.3 Å². The number of aromatic nitrogens is 2. The topological polar surface area (TPSA) is 59.4 Å². The van der Waals surface area contributed by atoms with Crippen molar-refractivity contribution in [1.29, 1.82) is 0 Å². The van der Waals surface area contributed by atoms with E-state index in [0.29, 0.717) is 13.2 Å². The molecule has 1 aromatic heterocycles. The first-order valence-corrected chi connectivity index (χ1v) is 9.24. The average Bonchev–Trinajstić information content (AvgIpc) is 2.85. The third kappa shape index (κ3) is 4.36. The van der Waals surface area contributed by atoms with Crippen molar-refractivity contribution in [2.75, 3.05) is 32.8 Å². The molecule has 1 N–H and O–H groups in total. The van der Waals surface area contributed by atoms with Crippen LogP contribution in [0.25, 0.3) is 0 Å². The van der Waals surface area contributed by atoms with E-state index in [-0.39, 0.29) is 11.9 Å². The molecule has 0 radical (unpaired) electrons. The van der Waals surface area contributed by atoms with Gasteiger partial charge in [-0.05, 0) is 45.1 Å². The monoisotopic (exact) mass is 334 g/mol. The van der Waals surface area contributed by atoms with Gasteiger partial charge in [-0.3, -0.25) is 14.4 Å². The molecule has 2 aliphatic rings. The Morgan fingerprint density at radius 1 is 1.42 bits per heavy atom. The molecule has 1 aromatic rings. The highest BCUT2D eigenvalue weighted by Crippen LogP contribution is 2.28. The Kier molecular flexibility index (Phi) is 5.89. The lowest BCUT2D eigenvalue weighted by Crippen LogP contribution is -2.55. The molecule has 6 heteroatoms. The second-order valence-electron chi connectivity index (χ2n) is 7.18. The summed E-state index contributed by atoms with van der Waals surface area (Å²) in [6.45, 7) is 8.79. The quantitative estimate of drug-likeness (QED) is 0.768. The first kappa shape index (κ1) is 17.4. The number of carbonyl (C=O) groups excluding carboxylic acids is 1. The van der Waals surface area contributed by atoms with E-state index >= 15 is 0 Å². The lowest BCUT2D eigenvalue weighted by molar-refractivity contribution is -0.133. The van der Waals surface area contributed by atoms with Crippen molar-refractivity contribution in [2.45, 2.75) is 52.1 Å². The molecular weight excluding hydrogens is 304 g/mol. The minimum absolute atomic E-state index is 0.113. The summed E-state index contributed by atoms with van der Waals surface area (Å²) in [6.07, 6.45) is 4.87. The Morgan fingerprint density at radius 3 is 2.92 bits per heavy atom. The molecule has 0 bridgehead atoms. The highest BCUT2D eigenvalue weighted by molar-refractivity contribution is 5.82. The third-order valence-electron chi connectivity index (χ3n) is 5.21. The Hall–Kier alpha value is -1.40. The van der Waals surface area contributed by atoms with Gasteiger partial charge in [0.15, 0.2) is 0 Å². The fraction of sp³-hybridized carbons (Fsp3) is 0.778. The van der Waals surface area contributed by atoms with Gasteiger partial charge >= 0.3 is 0 Å². The van der Waals surface area contributed by atoms with Crippen molar-refractivity contribution in [3.63, 3.8) is 0 Å². The number of aryl methyl sites for hydroxylation is 3. The molecule has 1 amide bonds. The zero-order valence-corrected chi connectivity index (χ0v) is 15.0. The van der Waals surface area contributed by atoms with Crippen molar-refractivity contribution < 1.29 is 9.53 Å². The molecule has 24 heavy (non-hydrogen) atoms. The van der Waals surface area contributed by atoms with Crippen LogP contribution >= 0.6 is 0 Å². The van der Waals surface area contributed by atoms with Crippen molar-refractivity contribution in [3.05, 3.63) is 17.5 Å². The number of morpholine rings is 1. The van der Waals surface area contributed by atoms with Gasteiger partial charge in [-0.25, -0.2) is 0 Å². The van der Waals surface area contributed by atoms with Crippen LogP contribution in [-0.4, -0.2) is 59.5 Å². The first-order valence-electron chi connectivity index (χ1n) is 9.24. The molecule has 1 saturated heterocycles. The fourth-order valence-electron chi connectivity index (χ4n) is 3.56. The number of hydrogen-bond donors (Lipinski definition) is 1. The minimum Gasteiger partial charge on any atom is -0.378 e. The summed E-state index contributed by atoms with van der Waals surface area (Å²) in [5, 5.41) is 7.54. The number of carbonyl (C=O) groups is 1. The standard InChI is InChI=1S/C18H30N4O2/c1-14-11-15(2)22(20-14)8-4-7-19-18(23)17-13-24-10-9-21(17)12-16-5-3-6-16/h11,16-17H,3-10,12-13H2,1-2H3,(H,19,23)/t17-/m1/s1. The molecule has 1 saturated carbocycles. The predicted molar refractivity (Wildman–Crippen MR) is 92.8 cm³/mol. The largest absolute Gasteiger partial charge is 0.378 e. The van der Waals surface area contributed by atoms with Crippen LogP contribution in [0.5, 0.6) is 0 Å². The molecule has 0 spiro atoms. The molecule has 1 aliphatic heterocycles. The van der Waals surface area contributed by atoms with Gasteiger partial charge in [0.1, 0.15) is 6.04 Å². The molecule has 0 unspecified atom stereocenters. The molecule has 1 aliphatic carbocycles. The number of ether oxygens (including phenoxy) is 1. The lowest BCUT2D eigenvalue weighted by Gasteiger charge is -2.39. The van der Waals surface area contributed by atoms with E-state index in [1.807, 2.05) is 11.6 Å². The van der Waals surface area contributed by atoms with E-state index in [1.165, 1.54) is 25.0 Å². The van der Waals surface area contributed by atoms with Crippen LogP contribution in [0.4, 0.5) is 0 Å². The van der Waals surface area contributed by atoms with Crippen LogP contribution in [0, 0.1) is 19.8 Å². The molecular formula is C18H30N4O2. The summed E-state index contributed by atoms with van der Waals surface area (Å²) in [7, 11) is 0. The van der Waals surface area contributed by atoms with Gasteiger partial charge in [-0.1, -0.05) is 6.42 Å². The smallest absolute Gasteiger partial charge is 0.239 e. The zero-order valence-electron chi connectivity index (χ0n) is 15.0. The van der Waals surface area contributed by atoms with Crippen molar-refractivity contribution in [2.24, 2.45) is 5.92 Å². The highest BCUT2D eigenvalue weighted by atomic mass is 16.5. The lowest BCUT2D eigenvalue weighted by atomic mass is 9.84. The Bertz CT molecular complexity index is 553. The van der Waals surface area contributed by atoms with Gasteiger partial charge in [-0.15, -0.1) is 0 Å². The second kappa shape index (κ2) is 8.12. The predicted octanol–water partition coefficient (Wildman–Crippen LogP) is 1.51. The fourth-order valence-corrected chi connectivity index (χ4v) is 3.56. The molecule has 1 atom stereocenters. The Labute approximate surface area is 144 Å². The normalized spacial score (nSPS) is 22.3. The van der Waals surface area contributed by atoms with Crippen LogP contribution in [-0.2, 0) is 16.1 Å². The van der Waals surface area contributed by atoms with E-state index in [9.17, 15) is 4.79 Å². The Morgan fingerprint density at radius 2 is 2.25 bits per heavy atom. The maximum absolute atomic E-state index is 12.5. The molecule has 2 heterocycles. The first-order chi connectivity index (χ1) is 11.6. The maximum Gasteiger partial charge on any atom is 0.239 e. The molecule has 0 aromatic carbocycles. The van der Waals surface area contributed by atoms with Gasteiger partial charge in [0, 0.05) is 31.9 Å². The van der Waals surface area contributed by atoms with Crippen LogP contribution < -0.4 is 5.32 Å². The number of rotatable bonds is 7. The van der Waals surface area contributed by atoms with Crippen LogP contribution in [0.15, 0.2) is 6.07 Å². The van der Waals surface area contributed by atoms with Crippen molar-refractivity contribution in [1.82, 2.24) is 20.0 Å². The van der Waals surface area contributed by atoms with Gasteiger partial charge in [-0.2, -0.15) is 5.10 Å². The number of hydrogen-bond acceptors (Lipinski definition) is 4. The maximum atomic E-state index is 12.5. The molecule has 3 rings (SSSR count). The van der Waals surface area contributed by atoms with Gasteiger partial charge in [0.05, 0.1) is 18.9 Å². The summed E-state index contributed by atoms with van der Waals surface area (Å²) in [5.74, 6) is 0.895.